The zero-order valence-electron chi connectivity index (χ0n) is 12.3. The summed E-state index contributed by atoms with van der Waals surface area (Å²) in [4.78, 5) is 24.7. The third kappa shape index (κ3) is 6.71. The van der Waals surface area contributed by atoms with Crippen LogP contribution in [-0.2, 0) is 4.79 Å². The molecule has 6 heteroatoms. The first-order chi connectivity index (χ1) is 8.97. The van der Waals surface area contributed by atoms with Crippen molar-refractivity contribution in [3.63, 3.8) is 0 Å². The van der Waals surface area contributed by atoms with E-state index in [1.54, 1.807) is 23.7 Å². The van der Waals surface area contributed by atoms with E-state index in [0.29, 0.717) is 6.42 Å². The van der Waals surface area contributed by atoms with Gasteiger partial charge in [0.05, 0.1) is 0 Å². The summed E-state index contributed by atoms with van der Waals surface area (Å²) < 4.78 is 0. The fourth-order valence-corrected chi connectivity index (χ4v) is 2.62. The minimum atomic E-state index is -0.965. The molecule has 2 N–H and O–H groups in total. The Hall–Kier alpha value is -0.910. The highest BCUT2D eigenvalue weighted by molar-refractivity contribution is 7.98. The van der Waals surface area contributed by atoms with Crippen LogP contribution in [0, 0.1) is 0 Å². The molecular weight excluding hydrogens is 264 g/mol. The van der Waals surface area contributed by atoms with Crippen LogP contribution in [0.1, 0.15) is 39.5 Å². The number of carbonyl (C=O) groups excluding carboxylic acids is 1. The topological polar surface area (TPSA) is 69.6 Å². The van der Waals surface area contributed by atoms with Gasteiger partial charge in [-0.2, -0.15) is 11.8 Å². The lowest BCUT2D eigenvalue weighted by atomic mass is 10.1. The number of carboxylic acids is 1. The van der Waals surface area contributed by atoms with Crippen molar-refractivity contribution in [2.45, 2.75) is 51.6 Å². The van der Waals surface area contributed by atoms with Crippen molar-refractivity contribution < 1.29 is 14.7 Å². The fraction of sp³-hybridized carbons (Fsp3) is 0.846. The van der Waals surface area contributed by atoms with Crippen molar-refractivity contribution in [3.05, 3.63) is 0 Å². The summed E-state index contributed by atoms with van der Waals surface area (Å²) in [6.45, 7) is 4.02. The fourth-order valence-electron chi connectivity index (χ4n) is 1.78. The van der Waals surface area contributed by atoms with E-state index >= 15 is 0 Å². The SMILES string of the molecule is CCCC[C@H](NC(=O)N(C)C(CC)CSC)C(=O)O. The van der Waals surface area contributed by atoms with Crippen LogP contribution < -0.4 is 5.32 Å². The van der Waals surface area contributed by atoms with Gasteiger partial charge in [-0.15, -0.1) is 0 Å². The maximum absolute atomic E-state index is 12.0. The average Bonchev–Trinajstić information content (AvgIpc) is 2.39. The standard InChI is InChI=1S/C13H26N2O3S/c1-5-7-8-11(12(16)17)14-13(18)15(3)10(6-2)9-19-4/h10-11H,5-9H2,1-4H3,(H,14,18)(H,16,17)/t10?,11-/m0/s1. The number of amides is 2. The number of hydrogen-bond acceptors (Lipinski definition) is 3. The van der Waals surface area contributed by atoms with Gasteiger partial charge in [0.15, 0.2) is 0 Å². The molecule has 0 heterocycles. The first-order valence-corrected chi connectivity index (χ1v) is 8.12. The van der Waals surface area contributed by atoms with E-state index < -0.39 is 12.0 Å². The molecule has 0 saturated heterocycles. The Kier molecular flexibility index (Phi) is 9.47. The predicted octanol–water partition coefficient (Wildman–Crippen LogP) is 2.41. The van der Waals surface area contributed by atoms with E-state index in [9.17, 15) is 9.59 Å². The highest BCUT2D eigenvalue weighted by atomic mass is 32.2. The molecule has 2 atom stereocenters. The Morgan fingerprint density at radius 2 is 2.00 bits per heavy atom. The highest BCUT2D eigenvalue weighted by Gasteiger charge is 2.24. The zero-order chi connectivity index (χ0) is 14.8. The van der Waals surface area contributed by atoms with Crippen LogP contribution in [0.3, 0.4) is 0 Å². The second kappa shape index (κ2) is 9.95. The molecule has 0 aromatic carbocycles. The third-order valence-corrected chi connectivity index (χ3v) is 3.86. The molecule has 0 radical (unpaired) electrons. The molecule has 0 bridgehead atoms. The predicted molar refractivity (Wildman–Crippen MR) is 79.7 cm³/mol. The molecule has 19 heavy (non-hydrogen) atoms. The monoisotopic (exact) mass is 290 g/mol. The van der Waals surface area contributed by atoms with Crippen LogP contribution in [-0.4, -0.2) is 53.1 Å². The van der Waals surface area contributed by atoms with Gasteiger partial charge in [-0.05, 0) is 19.1 Å². The van der Waals surface area contributed by atoms with Crippen molar-refractivity contribution in [1.82, 2.24) is 10.2 Å². The number of rotatable bonds is 9. The van der Waals surface area contributed by atoms with Gasteiger partial charge in [0.25, 0.3) is 0 Å². The summed E-state index contributed by atoms with van der Waals surface area (Å²) in [6, 6.07) is -0.957. The molecule has 5 nitrogen and oxygen atoms in total. The molecule has 0 aliphatic rings. The summed E-state index contributed by atoms with van der Waals surface area (Å²) in [6.07, 6.45) is 5.04. The first kappa shape index (κ1) is 18.1. The molecular formula is C13H26N2O3S. The van der Waals surface area contributed by atoms with Gasteiger partial charge in [-0.3, -0.25) is 0 Å². The van der Waals surface area contributed by atoms with E-state index in [4.69, 9.17) is 5.11 Å². The summed E-state index contributed by atoms with van der Waals surface area (Å²) in [5, 5.41) is 11.7. The Bertz CT molecular complexity index is 287. The molecule has 112 valence electrons. The second-order valence-corrected chi connectivity index (χ2v) is 5.52. The van der Waals surface area contributed by atoms with E-state index in [-0.39, 0.29) is 12.1 Å². The number of unbranched alkanes of at least 4 members (excludes halogenated alkanes) is 1. The maximum Gasteiger partial charge on any atom is 0.326 e. The number of nitrogens with zero attached hydrogens (tertiary/aromatic N) is 1. The van der Waals surface area contributed by atoms with Crippen molar-refractivity contribution >= 4 is 23.8 Å². The molecule has 2 amide bonds. The Morgan fingerprint density at radius 1 is 1.37 bits per heavy atom. The number of carboxylic acid groups (broad SMARTS) is 1. The minimum absolute atomic E-state index is 0.135. The second-order valence-electron chi connectivity index (χ2n) is 4.61. The number of aliphatic carboxylic acids is 1. The Labute approximate surface area is 120 Å². The maximum atomic E-state index is 12.0. The van der Waals surface area contributed by atoms with Crippen LogP contribution in [0.15, 0.2) is 0 Å². The van der Waals surface area contributed by atoms with E-state index in [0.717, 1.165) is 25.0 Å². The number of urea groups is 1. The van der Waals surface area contributed by atoms with E-state index in [1.165, 1.54) is 0 Å². The summed E-state index contributed by atoms with van der Waals surface area (Å²) >= 11 is 1.68. The molecule has 0 rings (SSSR count). The largest absolute Gasteiger partial charge is 0.480 e. The van der Waals surface area contributed by atoms with E-state index in [1.807, 2.05) is 20.1 Å². The summed E-state index contributed by atoms with van der Waals surface area (Å²) in [7, 11) is 1.72. The van der Waals surface area contributed by atoms with Crippen molar-refractivity contribution in [3.8, 4) is 0 Å². The van der Waals surface area contributed by atoms with Crippen molar-refractivity contribution in [1.29, 1.82) is 0 Å². The van der Waals surface area contributed by atoms with Gasteiger partial charge >= 0.3 is 12.0 Å². The van der Waals surface area contributed by atoms with Crippen LogP contribution in [0.4, 0.5) is 4.79 Å². The highest BCUT2D eigenvalue weighted by Crippen LogP contribution is 2.09. The number of thioether (sulfide) groups is 1. The van der Waals surface area contributed by atoms with Crippen molar-refractivity contribution in [2.24, 2.45) is 0 Å². The van der Waals surface area contributed by atoms with Crippen LogP contribution in [0.5, 0.6) is 0 Å². The Balaban J connectivity index is 4.48. The zero-order valence-corrected chi connectivity index (χ0v) is 13.1. The molecule has 0 aromatic rings. The van der Waals surface area contributed by atoms with Gasteiger partial charge in [0.1, 0.15) is 6.04 Å². The lowest BCUT2D eigenvalue weighted by Gasteiger charge is -2.28. The molecule has 1 unspecified atom stereocenters. The van der Waals surface area contributed by atoms with Gasteiger partial charge in [-0.25, -0.2) is 9.59 Å². The third-order valence-electron chi connectivity index (χ3n) is 3.14. The van der Waals surface area contributed by atoms with Gasteiger partial charge in [0.2, 0.25) is 0 Å². The number of carbonyl (C=O) groups is 2. The molecule has 0 spiro atoms. The van der Waals surface area contributed by atoms with Crippen molar-refractivity contribution in [2.75, 3.05) is 19.1 Å². The number of nitrogens with one attached hydrogen (secondary N) is 1. The van der Waals surface area contributed by atoms with Gasteiger partial charge in [-0.1, -0.05) is 26.7 Å². The Morgan fingerprint density at radius 3 is 2.42 bits per heavy atom. The molecule has 0 aromatic heterocycles. The first-order valence-electron chi connectivity index (χ1n) is 6.72. The molecule has 0 saturated carbocycles. The minimum Gasteiger partial charge on any atom is -0.480 e. The van der Waals surface area contributed by atoms with Crippen LogP contribution in [0.2, 0.25) is 0 Å². The molecule has 0 aliphatic heterocycles. The lowest BCUT2D eigenvalue weighted by molar-refractivity contribution is -0.139. The van der Waals surface area contributed by atoms with E-state index in [2.05, 4.69) is 5.32 Å². The van der Waals surface area contributed by atoms with Crippen LogP contribution >= 0.6 is 11.8 Å². The number of hydrogen-bond donors (Lipinski definition) is 2. The summed E-state index contributed by atoms with van der Waals surface area (Å²) in [5.41, 5.74) is 0. The van der Waals surface area contributed by atoms with Gasteiger partial charge in [0, 0.05) is 18.8 Å². The quantitative estimate of drug-likeness (QED) is 0.684. The lowest BCUT2D eigenvalue weighted by Crippen LogP contribution is -2.50. The normalized spacial score (nSPS) is 13.7. The van der Waals surface area contributed by atoms with Gasteiger partial charge < -0.3 is 15.3 Å². The smallest absolute Gasteiger partial charge is 0.326 e. The summed E-state index contributed by atoms with van der Waals surface area (Å²) in [5.74, 6) is -0.110. The average molecular weight is 290 g/mol. The van der Waals surface area contributed by atoms with Crippen LogP contribution in [0.25, 0.3) is 0 Å². The molecule has 0 aliphatic carbocycles. The molecule has 0 fully saturated rings.